The van der Waals surface area contributed by atoms with E-state index in [0.717, 1.165) is 17.3 Å². The van der Waals surface area contributed by atoms with E-state index < -0.39 is 5.97 Å². The lowest BCUT2D eigenvalue weighted by Gasteiger charge is -2.17. The molecule has 0 bridgehead atoms. The van der Waals surface area contributed by atoms with Crippen molar-refractivity contribution >= 4 is 35.2 Å². The normalized spacial score (nSPS) is 10.1. The quantitative estimate of drug-likeness (QED) is 0.871. The van der Waals surface area contributed by atoms with Crippen molar-refractivity contribution in [2.45, 2.75) is 6.54 Å². The van der Waals surface area contributed by atoms with Crippen molar-refractivity contribution in [3.8, 4) is 0 Å². The predicted molar refractivity (Wildman–Crippen MR) is 72.9 cm³/mol. The predicted octanol–water partition coefficient (Wildman–Crippen LogP) is 2.12. The Morgan fingerprint density at radius 2 is 2.11 bits per heavy atom. The number of hydrogen-bond acceptors (Lipinski definition) is 3. The number of hydrogen-bond donors (Lipinski definition) is 1. The number of carboxylic acids is 1. The zero-order valence-electron chi connectivity index (χ0n) is 9.93. The average Bonchev–Trinajstić information content (AvgIpc) is 2.28. The molecule has 0 aliphatic heterocycles. The van der Waals surface area contributed by atoms with Crippen molar-refractivity contribution in [2.24, 2.45) is 0 Å². The number of rotatable bonds is 6. The van der Waals surface area contributed by atoms with Gasteiger partial charge in [-0.05, 0) is 17.7 Å². The Labute approximate surface area is 115 Å². The molecular weight excluding hydrogens is 274 g/mol. The van der Waals surface area contributed by atoms with Crippen LogP contribution in [0.4, 0.5) is 0 Å². The van der Waals surface area contributed by atoms with Gasteiger partial charge in [0.15, 0.2) is 0 Å². The minimum atomic E-state index is -0.912. The Bertz CT molecular complexity index is 439. The molecule has 0 radical (unpaired) electrons. The first-order valence-corrected chi connectivity index (χ1v) is 6.80. The monoisotopic (exact) mass is 287 g/mol. The summed E-state index contributed by atoms with van der Waals surface area (Å²) >= 11 is 6.95. The number of carbonyl (C=O) groups is 2. The summed E-state index contributed by atoms with van der Waals surface area (Å²) in [6.45, 7) is 0.465. The van der Waals surface area contributed by atoms with Crippen LogP contribution in [0.2, 0.25) is 5.02 Å². The van der Waals surface area contributed by atoms with Crippen molar-refractivity contribution < 1.29 is 14.7 Å². The molecule has 0 saturated carbocycles. The summed E-state index contributed by atoms with van der Waals surface area (Å²) in [5.41, 5.74) is 0.946. The molecule has 6 heteroatoms. The smallest absolute Gasteiger partial charge is 0.313 e. The second-order valence-corrected chi connectivity index (χ2v) is 5.19. The summed E-state index contributed by atoms with van der Waals surface area (Å²) in [6, 6.07) is 7.29. The van der Waals surface area contributed by atoms with Crippen LogP contribution in [0.1, 0.15) is 5.56 Å². The van der Waals surface area contributed by atoms with Crippen LogP contribution < -0.4 is 0 Å². The molecule has 0 fully saturated rings. The molecular formula is C12H14ClNO3S. The van der Waals surface area contributed by atoms with Crippen LogP contribution in [0.15, 0.2) is 24.3 Å². The van der Waals surface area contributed by atoms with E-state index in [1.54, 1.807) is 24.1 Å². The number of carboxylic acid groups (broad SMARTS) is 1. The van der Waals surface area contributed by atoms with E-state index in [1.165, 1.54) is 0 Å². The highest BCUT2D eigenvalue weighted by Gasteiger charge is 2.10. The van der Waals surface area contributed by atoms with Crippen LogP contribution in [-0.2, 0) is 16.1 Å². The van der Waals surface area contributed by atoms with Gasteiger partial charge in [-0.25, -0.2) is 0 Å². The molecule has 0 aliphatic rings. The molecule has 0 spiro atoms. The number of benzene rings is 1. The maximum absolute atomic E-state index is 11.7. The molecule has 98 valence electrons. The van der Waals surface area contributed by atoms with Crippen LogP contribution in [0, 0.1) is 0 Å². The lowest BCUT2D eigenvalue weighted by molar-refractivity contribution is -0.133. The van der Waals surface area contributed by atoms with Gasteiger partial charge in [-0.1, -0.05) is 23.7 Å². The Balaban J connectivity index is 2.42. The van der Waals surface area contributed by atoms with E-state index in [-0.39, 0.29) is 17.4 Å². The first-order chi connectivity index (χ1) is 8.49. The van der Waals surface area contributed by atoms with Crippen molar-refractivity contribution in [3.05, 3.63) is 34.9 Å². The molecule has 0 saturated heterocycles. The summed E-state index contributed by atoms with van der Waals surface area (Å²) < 4.78 is 0. The van der Waals surface area contributed by atoms with E-state index in [0.29, 0.717) is 11.6 Å². The Morgan fingerprint density at radius 1 is 1.39 bits per heavy atom. The molecule has 1 N–H and O–H groups in total. The van der Waals surface area contributed by atoms with Gasteiger partial charge in [-0.2, -0.15) is 0 Å². The third-order valence-corrected chi connectivity index (χ3v) is 3.32. The van der Waals surface area contributed by atoms with Gasteiger partial charge in [0, 0.05) is 18.6 Å². The largest absolute Gasteiger partial charge is 0.481 e. The average molecular weight is 288 g/mol. The molecule has 1 aromatic carbocycles. The van der Waals surface area contributed by atoms with Crippen molar-refractivity contribution in [3.63, 3.8) is 0 Å². The standard InChI is InChI=1S/C12H14ClNO3S/c1-14(11(15)7-18-8-12(16)17)6-9-3-2-4-10(13)5-9/h2-5H,6-8H2,1H3,(H,16,17). The summed E-state index contributed by atoms with van der Waals surface area (Å²) in [7, 11) is 1.69. The highest BCUT2D eigenvalue weighted by atomic mass is 35.5. The molecule has 1 aromatic rings. The minimum absolute atomic E-state index is 0.0588. The summed E-state index contributed by atoms with van der Waals surface area (Å²) in [5.74, 6) is -0.897. The van der Waals surface area contributed by atoms with E-state index in [2.05, 4.69) is 0 Å². The Morgan fingerprint density at radius 3 is 2.72 bits per heavy atom. The third kappa shape index (κ3) is 5.42. The van der Waals surface area contributed by atoms with Gasteiger partial charge in [0.1, 0.15) is 0 Å². The third-order valence-electron chi connectivity index (χ3n) is 2.19. The topological polar surface area (TPSA) is 57.6 Å². The molecule has 18 heavy (non-hydrogen) atoms. The van der Waals surface area contributed by atoms with Gasteiger partial charge >= 0.3 is 5.97 Å². The maximum atomic E-state index is 11.7. The zero-order chi connectivity index (χ0) is 13.5. The number of nitrogens with zero attached hydrogens (tertiary/aromatic N) is 1. The number of aliphatic carboxylic acids is 1. The molecule has 1 rings (SSSR count). The number of halogens is 1. The van der Waals surface area contributed by atoms with Gasteiger partial charge in [0.25, 0.3) is 0 Å². The lowest BCUT2D eigenvalue weighted by atomic mass is 10.2. The Kier molecular flexibility index (Phi) is 6.01. The Hall–Kier alpha value is -1.20. The van der Waals surface area contributed by atoms with Gasteiger partial charge in [0.05, 0.1) is 11.5 Å². The SMILES string of the molecule is CN(Cc1cccc(Cl)c1)C(=O)CSCC(=O)O. The molecule has 0 unspecified atom stereocenters. The van der Waals surface area contributed by atoms with Crippen molar-refractivity contribution in [2.75, 3.05) is 18.6 Å². The fourth-order valence-electron chi connectivity index (χ4n) is 1.33. The molecule has 0 heterocycles. The second-order valence-electron chi connectivity index (χ2n) is 3.77. The van der Waals surface area contributed by atoms with E-state index >= 15 is 0 Å². The van der Waals surface area contributed by atoms with Crippen LogP contribution in [0.5, 0.6) is 0 Å². The number of carbonyl (C=O) groups excluding carboxylic acids is 1. The fraction of sp³-hybridized carbons (Fsp3) is 0.333. The first kappa shape index (κ1) is 14.9. The number of thioether (sulfide) groups is 1. The lowest BCUT2D eigenvalue weighted by Crippen LogP contribution is -2.28. The molecule has 0 atom stereocenters. The van der Waals surface area contributed by atoms with E-state index in [9.17, 15) is 9.59 Å². The van der Waals surface area contributed by atoms with Crippen LogP contribution in [0.25, 0.3) is 0 Å². The molecule has 0 aromatic heterocycles. The van der Waals surface area contributed by atoms with Gasteiger partial charge in [0.2, 0.25) is 5.91 Å². The number of amides is 1. The van der Waals surface area contributed by atoms with Gasteiger partial charge < -0.3 is 10.0 Å². The molecule has 0 aliphatic carbocycles. The summed E-state index contributed by atoms with van der Waals surface area (Å²) in [5, 5.41) is 9.10. The van der Waals surface area contributed by atoms with Crippen molar-refractivity contribution in [1.82, 2.24) is 4.90 Å². The molecule has 4 nitrogen and oxygen atoms in total. The van der Waals surface area contributed by atoms with E-state index in [4.69, 9.17) is 16.7 Å². The maximum Gasteiger partial charge on any atom is 0.313 e. The first-order valence-electron chi connectivity index (χ1n) is 5.27. The minimum Gasteiger partial charge on any atom is -0.481 e. The highest BCUT2D eigenvalue weighted by molar-refractivity contribution is 8.00. The van der Waals surface area contributed by atoms with Crippen LogP contribution in [-0.4, -0.2) is 40.4 Å². The van der Waals surface area contributed by atoms with Crippen LogP contribution >= 0.6 is 23.4 Å². The highest BCUT2D eigenvalue weighted by Crippen LogP contribution is 2.12. The fourth-order valence-corrected chi connectivity index (χ4v) is 2.22. The summed E-state index contributed by atoms with van der Waals surface area (Å²) in [6.07, 6.45) is 0. The van der Waals surface area contributed by atoms with Gasteiger partial charge in [-0.3, -0.25) is 9.59 Å². The second kappa shape index (κ2) is 7.28. The summed E-state index contributed by atoms with van der Waals surface area (Å²) in [4.78, 5) is 23.6. The zero-order valence-corrected chi connectivity index (χ0v) is 11.5. The molecule has 1 amide bonds. The van der Waals surface area contributed by atoms with E-state index in [1.807, 2.05) is 12.1 Å². The van der Waals surface area contributed by atoms with Gasteiger partial charge in [-0.15, -0.1) is 11.8 Å². The van der Waals surface area contributed by atoms with Crippen LogP contribution in [0.3, 0.4) is 0 Å². The van der Waals surface area contributed by atoms with Crippen molar-refractivity contribution in [1.29, 1.82) is 0 Å².